The van der Waals surface area contributed by atoms with Crippen LogP contribution in [0, 0.1) is 0 Å². The highest BCUT2D eigenvalue weighted by Crippen LogP contribution is 2.23. The van der Waals surface area contributed by atoms with Crippen LogP contribution in [0.3, 0.4) is 0 Å². The van der Waals surface area contributed by atoms with Crippen molar-refractivity contribution < 1.29 is 4.98 Å². The molecule has 29 heavy (non-hydrogen) atoms. The summed E-state index contributed by atoms with van der Waals surface area (Å²) in [6.45, 7) is 4.10. The fraction of sp³-hybridized carbons (Fsp3) is 0.0476. The molecule has 0 saturated heterocycles. The number of benzene rings is 1. The number of para-hydroxylation sites is 2. The number of nitrogens with one attached hydrogen (secondary N) is 1. The second-order valence-electron chi connectivity index (χ2n) is 6.44. The van der Waals surface area contributed by atoms with Gasteiger partial charge in [0.25, 0.3) is 5.65 Å². The average molecular weight is 382 g/mol. The lowest BCUT2D eigenvalue weighted by Gasteiger charge is -1.96. The van der Waals surface area contributed by atoms with Gasteiger partial charge in [0, 0.05) is 6.20 Å². The summed E-state index contributed by atoms with van der Waals surface area (Å²) in [6, 6.07) is 13.1. The molecule has 0 unspecified atom stereocenters. The number of hydrogen-bond acceptors (Lipinski definition) is 5. The molecule has 0 fully saturated rings. The first kappa shape index (κ1) is 16.9. The Morgan fingerprint density at radius 2 is 1.90 bits per heavy atom. The van der Waals surface area contributed by atoms with Crippen LogP contribution in [0.2, 0.25) is 0 Å². The Bertz CT molecular complexity index is 1470. The van der Waals surface area contributed by atoms with Crippen molar-refractivity contribution in [2.24, 2.45) is 5.10 Å². The van der Waals surface area contributed by atoms with Gasteiger partial charge in [-0.1, -0.05) is 30.9 Å². The van der Waals surface area contributed by atoms with Crippen molar-refractivity contribution in [1.82, 2.24) is 24.2 Å². The molecule has 8 nitrogen and oxygen atoms in total. The van der Waals surface area contributed by atoms with Gasteiger partial charge in [-0.15, -0.1) is 9.78 Å². The van der Waals surface area contributed by atoms with E-state index in [4.69, 9.17) is 9.97 Å². The minimum atomic E-state index is -0.181. The number of allylic oxidation sites excluding steroid dienone is 1. The van der Waals surface area contributed by atoms with Gasteiger partial charge < -0.3 is 0 Å². The highest BCUT2D eigenvalue weighted by Gasteiger charge is 2.24. The van der Waals surface area contributed by atoms with E-state index in [0.29, 0.717) is 40.0 Å². The lowest BCUT2D eigenvalue weighted by Crippen LogP contribution is -2.26. The van der Waals surface area contributed by atoms with E-state index in [1.807, 2.05) is 42.5 Å². The van der Waals surface area contributed by atoms with Gasteiger partial charge in [0.2, 0.25) is 5.65 Å². The fourth-order valence-corrected chi connectivity index (χ4v) is 3.26. The molecule has 5 rings (SSSR count). The van der Waals surface area contributed by atoms with Gasteiger partial charge in [-0.05, 0) is 24.3 Å². The number of rotatable bonds is 4. The lowest BCUT2D eigenvalue weighted by atomic mass is 10.3. The third-order valence-electron chi connectivity index (χ3n) is 4.59. The van der Waals surface area contributed by atoms with Crippen LogP contribution in [0.1, 0.15) is 5.69 Å². The number of aromatic nitrogens is 6. The SMILES string of the molecule is C=CCn1c[nH+]c2c(c1=O)c1nc3ccccc3nc1n2N=Cc1ccccn1. The third kappa shape index (κ3) is 2.78. The van der Waals surface area contributed by atoms with Crippen LogP contribution >= 0.6 is 0 Å². The van der Waals surface area contributed by atoms with E-state index in [1.165, 1.54) is 0 Å². The first-order chi connectivity index (χ1) is 14.3. The van der Waals surface area contributed by atoms with Crippen molar-refractivity contribution in [2.75, 3.05) is 0 Å². The fourth-order valence-electron chi connectivity index (χ4n) is 3.26. The molecule has 0 saturated carbocycles. The summed E-state index contributed by atoms with van der Waals surface area (Å²) in [5, 5.41) is 4.97. The molecule has 0 amide bonds. The van der Waals surface area contributed by atoms with E-state index < -0.39 is 0 Å². The van der Waals surface area contributed by atoms with Crippen molar-refractivity contribution in [3.05, 3.63) is 83.7 Å². The molecule has 1 N–H and O–H groups in total. The zero-order valence-corrected chi connectivity index (χ0v) is 15.4. The standard InChI is InChI=1S/C21H15N7O/c1-2-11-27-13-23-19-17(21(27)29)18-20(26-16-9-4-3-8-15(16)25-18)28(19)24-12-14-7-5-6-10-22-14/h2-10,12-13H,1,11H2/p+1. The Morgan fingerprint density at radius 1 is 1.10 bits per heavy atom. The smallest absolute Gasteiger partial charge is 0.255 e. The van der Waals surface area contributed by atoms with Crippen LogP contribution in [0.25, 0.3) is 33.2 Å². The largest absolute Gasteiger partial charge is 0.323 e. The number of aromatic amines is 1. The maximum absolute atomic E-state index is 13.1. The number of nitrogens with zero attached hydrogens (tertiary/aromatic N) is 6. The van der Waals surface area contributed by atoms with Crippen molar-refractivity contribution in [3.63, 3.8) is 0 Å². The number of pyridine rings is 1. The molecule has 0 atom stereocenters. The van der Waals surface area contributed by atoms with Crippen LogP contribution in [0.5, 0.6) is 0 Å². The van der Waals surface area contributed by atoms with Crippen molar-refractivity contribution in [1.29, 1.82) is 0 Å². The molecule has 4 aromatic heterocycles. The summed E-state index contributed by atoms with van der Waals surface area (Å²) in [4.78, 5) is 30.0. The van der Waals surface area contributed by atoms with E-state index >= 15 is 0 Å². The first-order valence-corrected chi connectivity index (χ1v) is 9.04. The van der Waals surface area contributed by atoms with Gasteiger partial charge in [0.15, 0.2) is 11.7 Å². The monoisotopic (exact) mass is 382 g/mol. The van der Waals surface area contributed by atoms with Gasteiger partial charge in [0.1, 0.15) is 5.52 Å². The molecule has 0 bridgehead atoms. The molecule has 140 valence electrons. The van der Waals surface area contributed by atoms with Gasteiger partial charge in [0.05, 0.1) is 29.5 Å². The van der Waals surface area contributed by atoms with E-state index in [1.54, 1.807) is 34.1 Å². The molecule has 5 aromatic rings. The predicted octanol–water partition coefficient (Wildman–Crippen LogP) is 2.18. The number of fused-ring (bicyclic) bond motifs is 4. The Balaban J connectivity index is 1.87. The van der Waals surface area contributed by atoms with Crippen LogP contribution in [-0.4, -0.2) is 30.4 Å². The van der Waals surface area contributed by atoms with Crippen molar-refractivity contribution in [2.45, 2.75) is 6.54 Å². The van der Waals surface area contributed by atoms with E-state index in [0.717, 1.165) is 5.52 Å². The Kier molecular flexibility index (Phi) is 3.94. The normalized spacial score (nSPS) is 11.7. The van der Waals surface area contributed by atoms with Crippen LogP contribution in [-0.2, 0) is 6.54 Å². The zero-order valence-electron chi connectivity index (χ0n) is 15.4. The zero-order chi connectivity index (χ0) is 19.8. The minimum absolute atomic E-state index is 0.181. The van der Waals surface area contributed by atoms with Gasteiger partial charge in [-0.25, -0.2) is 24.3 Å². The van der Waals surface area contributed by atoms with Gasteiger partial charge in [-0.2, -0.15) is 0 Å². The summed E-state index contributed by atoms with van der Waals surface area (Å²) >= 11 is 0. The van der Waals surface area contributed by atoms with Crippen molar-refractivity contribution in [3.8, 4) is 0 Å². The first-order valence-electron chi connectivity index (χ1n) is 9.04. The summed E-state index contributed by atoms with van der Waals surface area (Å²) in [5.41, 5.74) is 3.46. The summed E-state index contributed by atoms with van der Waals surface area (Å²) in [5.74, 6) is 0. The molecular weight excluding hydrogens is 366 g/mol. The second-order valence-corrected chi connectivity index (χ2v) is 6.44. The van der Waals surface area contributed by atoms with Crippen molar-refractivity contribution >= 4 is 39.4 Å². The quantitative estimate of drug-likeness (QED) is 0.352. The second kappa shape index (κ2) is 6.75. The summed E-state index contributed by atoms with van der Waals surface area (Å²) in [7, 11) is 0. The maximum Gasteiger partial charge on any atom is 0.323 e. The Morgan fingerprint density at radius 3 is 2.66 bits per heavy atom. The Hall–Kier alpha value is -4.20. The van der Waals surface area contributed by atoms with Crippen LogP contribution in [0.15, 0.2) is 77.5 Å². The predicted molar refractivity (Wildman–Crippen MR) is 111 cm³/mol. The minimum Gasteiger partial charge on any atom is -0.255 e. The molecule has 0 aliphatic rings. The average Bonchev–Trinajstić information content (AvgIpc) is 3.06. The van der Waals surface area contributed by atoms with E-state index in [2.05, 4.69) is 21.6 Å². The van der Waals surface area contributed by atoms with Gasteiger partial charge in [-0.3, -0.25) is 4.98 Å². The van der Waals surface area contributed by atoms with Crippen LogP contribution in [0.4, 0.5) is 0 Å². The molecule has 0 aliphatic heterocycles. The highest BCUT2D eigenvalue weighted by molar-refractivity contribution is 6.03. The molecular formula is C21H16N7O+. The summed E-state index contributed by atoms with van der Waals surface area (Å²) in [6.07, 6.45) is 6.60. The molecule has 0 aliphatic carbocycles. The summed E-state index contributed by atoms with van der Waals surface area (Å²) < 4.78 is 3.14. The molecule has 1 aromatic carbocycles. The van der Waals surface area contributed by atoms with Crippen LogP contribution < -0.4 is 10.5 Å². The van der Waals surface area contributed by atoms with Gasteiger partial charge >= 0.3 is 5.56 Å². The maximum atomic E-state index is 13.1. The molecule has 4 heterocycles. The Labute approximate surface area is 164 Å². The highest BCUT2D eigenvalue weighted by atomic mass is 16.1. The van der Waals surface area contributed by atoms with E-state index in [-0.39, 0.29) is 5.56 Å². The number of H-pyrrole nitrogens is 1. The molecule has 8 heteroatoms. The molecule has 0 radical (unpaired) electrons. The molecule has 0 spiro atoms. The lowest BCUT2D eigenvalue weighted by molar-refractivity contribution is -0.357. The number of hydrogen-bond donors (Lipinski definition) is 0. The third-order valence-corrected chi connectivity index (χ3v) is 4.59. The topological polar surface area (TPSA) is 92.1 Å². The van der Waals surface area contributed by atoms with E-state index in [9.17, 15) is 4.79 Å².